The maximum Gasteiger partial charge on any atom is 0.321 e. The quantitative estimate of drug-likeness (QED) is 0.166. The molecule has 2 saturated heterocycles. The molecule has 2 aliphatic rings. The smallest absolute Gasteiger partial charge is 0.321 e. The van der Waals surface area contributed by atoms with Crippen LogP contribution in [-0.2, 0) is 35.4 Å². The Morgan fingerprint density at radius 1 is 0.549 bits per heavy atom. The van der Waals surface area contributed by atoms with E-state index in [4.69, 9.17) is 18.9 Å². The van der Waals surface area contributed by atoms with E-state index in [1.165, 1.54) is 0 Å². The van der Waals surface area contributed by atoms with E-state index in [1.54, 1.807) is 0 Å². The second-order valence-electron chi connectivity index (χ2n) is 16.3. The number of nitrogens with zero attached hydrogens (tertiary/aromatic N) is 2. The fraction of sp³-hybridized carbons (Fsp3) is 0.432. The van der Waals surface area contributed by atoms with Crippen molar-refractivity contribution in [1.29, 1.82) is 0 Å². The Balaban J connectivity index is 1.42. The van der Waals surface area contributed by atoms with Crippen molar-refractivity contribution in [2.45, 2.75) is 123 Å². The van der Waals surface area contributed by atoms with Crippen molar-refractivity contribution in [2.75, 3.05) is 0 Å². The second kappa shape index (κ2) is 14.7. The first-order valence-corrected chi connectivity index (χ1v) is 18.2. The number of hydrogen-bond acceptors (Lipinski definition) is 5. The molecule has 4 aromatic rings. The summed E-state index contributed by atoms with van der Waals surface area (Å²) in [5, 5.41) is 0. The van der Waals surface area contributed by atoms with Crippen LogP contribution in [0.25, 0.3) is 0 Å². The maximum absolute atomic E-state index is 15.3. The number of urea groups is 1. The Bertz CT molecular complexity index is 1600. The van der Waals surface area contributed by atoms with Crippen molar-refractivity contribution in [3.05, 3.63) is 131 Å². The minimum atomic E-state index is -0.835. The molecule has 0 spiro atoms. The van der Waals surface area contributed by atoms with Crippen LogP contribution >= 0.6 is 0 Å². The standard InChI is InChI=1S/C44H54N2O5/c1-42(2,3)48-35-23-19-31(20-24-35)27-37-39-40(51-44(7,8)50-39)38(28-32-21-25-36(26-22-32)49-43(4,5)6)46(30-34-17-13-10-14-18-34)41(47)45(37)29-33-15-11-9-12-16-33/h9-26,37-40H,27-30H2,1-8H3/t37-,38-,39+,40+/m1/s1. The lowest BCUT2D eigenvalue weighted by Crippen LogP contribution is -2.51. The van der Waals surface area contributed by atoms with Crippen LogP contribution in [0.15, 0.2) is 109 Å². The summed E-state index contributed by atoms with van der Waals surface area (Å²) in [6.07, 6.45) is 0.430. The summed E-state index contributed by atoms with van der Waals surface area (Å²) >= 11 is 0. The molecule has 4 atom stereocenters. The van der Waals surface area contributed by atoms with Crippen LogP contribution in [0.1, 0.15) is 77.6 Å². The first-order valence-electron chi connectivity index (χ1n) is 18.2. The highest BCUT2D eigenvalue weighted by Crippen LogP contribution is 2.41. The highest BCUT2D eigenvalue weighted by molar-refractivity contribution is 5.76. The van der Waals surface area contributed by atoms with Gasteiger partial charge in [0.1, 0.15) is 34.9 Å². The number of benzene rings is 4. The monoisotopic (exact) mass is 690 g/mol. The normalized spacial score (nSPS) is 22.0. The van der Waals surface area contributed by atoms with Crippen molar-refractivity contribution >= 4 is 6.03 Å². The van der Waals surface area contributed by atoms with E-state index in [9.17, 15) is 0 Å². The topological polar surface area (TPSA) is 60.5 Å². The van der Waals surface area contributed by atoms with Gasteiger partial charge in [0.05, 0.1) is 12.1 Å². The molecule has 2 fully saturated rings. The molecule has 0 N–H and O–H groups in total. The fourth-order valence-corrected chi connectivity index (χ4v) is 7.18. The van der Waals surface area contributed by atoms with Crippen molar-refractivity contribution < 1.29 is 23.7 Å². The molecule has 51 heavy (non-hydrogen) atoms. The van der Waals surface area contributed by atoms with Crippen molar-refractivity contribution in [3.63, 3.8) is 0 Å². The SMILES string of the molecule is CC(C)(C)Oc1ccc(C[C@@H]2[C@@H]3OC(C)(C)O[C@H]3[C@@H](Cc3ccc(OC(C)(C)C)cc3)N(Cc3ccccc3)C(=O)N2Cc2ccccc2)cc1. The van der Waals surface area contributed by atoms with Crippen molar-refractivity contribution in [2.24, 2.45) is 0 Å². The predicted molar refractivity (Wildman–Crippen MR) is 202 cm³/mol. The summed E-state index contributed by atoms with van der Waals surface area (Å²) in [4.78, 5) is 19.3. The maximum atomic E-state index is 15.3. The van der Waals surface area contributed by atoms with E-state index in [0.717, 1.165) is 33.8 Å². The molecule has 0 saturated carbocycles. The van der Waals surface area contributed by atoms with Crippen LogP contribution in [0.4, 0.5) is 4.79 Å². The van der Waals surface area contributed by atoms with Gasteiger partial charge in [-0.3, -0.25) is 0 Å². The van der Waals surface area contributed by atoms with Gasteiger partial charge in [0.15, 0.2) is 5.79 Å². The summed E-state index contributed by atoms with van der Waals surface area (Å²) < 4.78 is 26.0. The second-order valence-corrected chi connectivity index (χ2v) is 16.3. The van der Waals surface area contributed by atoms with E-state index in [2.05, 4.69) is 48.5 Å². The van der Waals surface area contributed by atoms with Gasteiger partial charge in [-0.2, -0.15) is 0 Å². The number of hydrogen-bond donors (Lipinski definition) is 0. The molecule has 4 aromatic carbocycles. The zero-order valence-electron chi connectivity index (χ0n) is 31.5. The lowest BCUT2D eigenvalue weighted by molar-refractivity contribution is -0.157. The van der Waals surface area contributed by atoms with Crippen LogP contribution in [0.2, 0.25) is 0 Å². The van der Waals surface area contributed by atoms with Gasteiger partial charge in [-0.25, -0.2) is 4.79 Å². The van der Waals surface area contributed by atoms with E-state index in [0.29, 0.717) is 25.9 Å². The van der Waals surface area contributed by atoms with Gasteiger partial charge in [-0.05, 0) is 115 Å². The molecule has 270 valence electrons. The van der Waals surface area contributed by atoms with Crippen molar-refractivity contribution in [3.8, 4) is 11.5 Å². The molecule has 0 aliphatic carbocycles. The number of carbonyl (C=O) groups is 1. The van der Waals surface area contributed by atoms with Crippen LogP contribution in [0.3, 0.4) is 0 Å². The number of fused-ring (bicyclic) bond motifs is 1. The van der Waals surface area contributed by atoms with E-state index in [1.807, 2.05) is 126 Å². The molecule has 2 aliphatic heterocycles. The van der Waals surface area contributed by atoms with E-state index < -0.39 is 5.79 Å². The van der Waals surface area contributed by atoms with Gasteiger partial charge < -0.3 is 28.7 Å². The third kappa shape index (κ3) is 9.52. The number of ether oxygens (including phenoxy) is 4. The molecule has 0 bridgehead atoms. The third-order valence-corrected chi connectivity index (χ3v) is 9.19. The molecule has 2 amide bonds. The summed E-state index contributed by atoms with van der Waals surface area (Å²) in [6, 6.07) is 36.3. The van der Waals surface area contributed by atoms with E-state index in [-0.39, 0.29) is 41.5 Å². The van der Waals surface area contributed by atoms with Crippen LogP contribution in [0, 0.1) is 0 Å². The molecular formula is C44H54N2O5. The largest absolute Gasteiger partial charge is 0.488 e. The molecule has 0 unspecified atom stereocenters. The number of rotatable bonds is 10. The zero-order valence-corrected chi connectivity index (χ0v) is 31.5. The average molecular weight is 691 g/mol. The molecule has 0 aromatic heterocycles. The Labute approximate surface area is 304 Å². The van der Waals surface area contributed by atoms with Gasteiger partial charge in [0.25, 0.3) is 0 Å². The van der Waals surface area contributed by atoms with Crippen LogP contribution in [0.5, 0.6) is 11.5 Å². The highest BCUT2D eigenvalue weighted by atomic mass is 16.8. The fourth-order valence-electron chi connectivity index (χ4n) is 7.18. The molecule has 6 rings (SSSR count). The predicted octanol–water partition coefficient (Wildman–Crippen LogP) is 9.22. The summed E-state index contributed by atoms with van der Waals surface area (Å²) in [7, 11) is 0. The summed E-state index contributed by atoms with van der Waals surface area (Å²) in [5.74, 6) is 0.798. The Morgan fingerprint density at radius 3 is 1.24 bits per heavy atom. The van der Waals surface area contributed by atoms with Gasteiger partial charge in [0.2, 0.25) is 0 Å². The molecule has 0 radical (unpaired) electrons. The van der Waals surface area contributed by atoms with Gasteiger partial charge in [-0.1, -0.05) is 84.9 Å². The Morgan fingerprint density at radius 2 is 0.902 bits per heavy atom. The summed E-state index contributed by atoms with van der Waals surface area (Å²) in [6.45, 7) is 17.1. The zero-order chi connectivity index (χ0) is 36.4. The summed E-state index contributed by atoms with van der Waals surface area (Å²) in [5.41, 5.74) is 3.72. The number of amides is 2. The minimum Gasteiger partial charge on any atom is -0.488 e. The Hall–Kier alpha value is -4.33. The van der Waals surface area contributed by atoms with E-state index >= 15 is 4.79 Å². The molecule has 2 heterocycles. The van der Waals surface area contributed by atoms with Gasteiger partial charge >= 0.3 is 6.03 Å². The highest BCUT2D eigenvalue weighted by Gasteiger charge is 2.55. The lowest BCUT2D eigenvalue weighted by atomic mass is 9.90. The molecule has 7 heteroatoms. The van der Waals surface area contributed by atoms with Crippen LogP contribution in [-0.4, -0.2) is 57.1 Å². The van der Waals surface area contributed by atoms with Gasteiger partial charge in [0, 0.05) is 13.1 Å². The third-order valence-electron chi connectivity index (χ3n) is 9.19. The minimum absolute atomic E-state index is 0.0301. The van der Waals surface area contributed by atoms with Crippen molar-refractivity contribution in [1.82, 2.24) is 9.80 Å². The lowest BCUT2D eigenvalue weighted by Gasteiger charge is -2.37. The first kappa shape index (κ1) is 36.5. The Kier molecular flexibility index (Phi) is 10.5. The average Bonchev–Trinajstić information content (AvgIpc) is 3.36. The molecule has 7 nitrogen and oxygen atoms in total. The first-order chi connectivity index (χ1) is 24.1. The molecular weight excluding hydrogens is 636 g/mol. The van der Waals surface area contributed by atoms with Gasteiger partial charge in [-0.15, -0.1) is 0 Å². The van der Waals surface area contributed by atoms with Crippen LogP contribution < -0.4 is 9.47 Å². The number of carbonyl (C=O) groups excluding carboxylic acids is 1.